The monoisotopic (exact) mass is 376 g/mol. The molecule has 0 aliphatic rings. The van der Waals surface area contributed by atoms with Crippen molar-refractivity contribution >= 4 is 28.8 Å². The number of amides is 1. The molecule has 25 heavy (non-hydrogen) atoms. The minimum atomic E-state index is -1.15. The topological polar surface area (TPSA) is 75.4 Å². The summed E-state index contributed by atoms with van der Waals surface area (Å²) in [5.41, 5.74) is 0.169. The standard InChI is InChI=1S/C18H17ClN2O3S/c1-11-15(16(21-24-11)12-6-3-4-7-13(12)19)17(22)20-10-18(2,23)14-8-5-9-25-14/h3-9,23H,10H2,1-2H3,(H,20,22). The molecule has 0 radical (unpaired) electrons. The van der Waals surface area contributed by atoms with Crippen LogP contribution in [0.15, 0.2) is 46.3 Å². The van der Waals surface area contributed by atoms with Crippen molar-refractivity contribution in [3.05, 3.63) is 63.0 Å². The highest BCUT2D eigenvalue weighted by atomic mass is 35.5. The number of benzene rings is 1. The summed E-state index contributed by atoms with van der Waals surface area (Å²) >= 11 is 7.64. The molecule has 0 saturated carbocycles. The number of thiophene rings is 1. The van der Waals surface area contributed by atoms with E-state index in [9.17, 15) is 9.90 Å². The molecule has 0 fully saturated rings. The van der Waals surface area contributed by atoms with Crippen molar-refractivity contribution < 1.29 is 14.4 Å². The maximum Gasteiger partial charge on any atom is 0.257 e. The third-order valence-corrected chi connectivity index (χ3v) is 5.32. The fourth-order valence-electron chi connectivity index (χ4n) is 2.49. The summed E-state index contributed by atoms with van der Waals surface area (Å²) in [6, 6.07) is 10.8. The lowest BCUT2D eigenvalue weighted by atomic mass is 10.0. The first-order chi connectivity index (χ1) is 11.9. The second-order valence-corrected chi connectivity index (χ2v) is 7.23. The van der Waals surface area contributed by atoms with Crippen molar-refractivity contribution in [3.63, 3.8) is 0 Å². The number of nitrogens with zero attached hydrogens (tertiary/aromatic N) is 1. The first-order valence-corrected chi connectivity index (χ1v) is 8.91. The van der Waals surface area contributed by atoms with Gasteiger partial charge in [0.1, 0.15) is 22.6 Å². The predicted octanol–water partition coefficient (Wildman–Crippen LogP) is 4.00. The molecule has 5 nitrogen and oxygen atoms in total. The summed E-state index contributed by atoms with van der Waals surface area (Å²) in [4.78, 5) is 13.5. The molecule has 0 aliphatic heterocycles. The van der Waals surface area contributed by atoms with Crippen molar-refractivity contribution in [2.75, 3.05) is 6.54 Å². The Kier molecular flexibility index (Phi) is 4.94. The van der Waals surface area contributed by atoms with Crippen LogP contribution in [0.5, 0.6) is 0 Å². The van der Waals surface area contributed by atoms with Gasteiger partial charge in [0.25, 0.3) is 5.91 Å². The first kappa shape index (κ1) is 17.7. The van der Waals surface area contributed by atoms with Crippen LogP contribution in [0.2, 0.25) is 5.02 Å². The molecule has 3 aromatic rings. The highest BCUT2D eigenvalue weighted by Crippen LogP contribution is 2.31. The lowest BCUT2D eigenvalue weighted by Crippen LogP contribution is -2.38. The Morgan fingerprint density at radius 3 is 2.80 bits per heavy atom. The number of hydrogen-bond donors (Lipinski definition) is 2. The van der Waals surface area contributed by atoms with Gasteiger partial charge in [-0.1, -0.05) is 41.0 Å². The summed E-state index contributed by atoms with van der Waals surface area (Å²) < 4.78 is 5.20. The summed E-state index contributed by atoms with van der Waals surface area (Å²) in [6.45, 7) is 3.40. The molecule has 7 heteroatoms. The van der Waals surface area contributed by atoms with Gasteiger partial charge >= 0.3 is 0 Å². The predicted molar refractivity (Wildman–Crippen MR) is 97.9 cm³/mol. The SMILES string of the molecule is Cc1onc(-c2ccccc2Cl)c1C(=O)NCC(C)(O)c1cccs1. The zero-order chi connectivity index (χ0) is 18.0. The van der Waals surface area contributed by atoms with Gasteiger partial charge in [0.2, 0.25) is 0 Å². The van der Waals surface area contributed by atoms with Crippen molar-refractivity contribution in [1.29, 1.82) is 0 Å². The number of halogens is 1. The van der Waals surface area contributed by atoms with Crippen LogP contribution in [-0.4, -0.2) is 22.7 Å². The highest BCUT2D eigenvalue weighted by Gasteiger charge is 2.28. The minimum Gasteiger partial charge on any atom is -0.383 e. The maximum atomic E-state index is 12.7. The third-order valence-electron chi connectivity index (χ3n) is 3.86. The quantitative estimate of drug-likeness (QED) is 0.705. The highest BCUT2D eigenvalue weighted by molar-refractivity contribution is 7.10. The molecular weight excluding hydrogens is 360 g/mol. The Labute approximate surface area is 154 Å². The molecule has 2 aromatic heterocycles. The molecule has 0 bridgehead atoms. The molecule has 2 heterocycles. The van der Waals surface area contributed by atoms with E-state index in [1.165, 1.54) is 11.3 Å². The lowest BCUT2D eigenvalue weighted by molar-refractivity contribution is 0.0556. The molecule has 0 saturated heterocycles. The number of aromatic nitrogens is 1. The maximum absolute atomic E-state index is 12.7. The van der Waals surface area contributed by atoms with E-state index in [1.807, 2.05) is 23.6 Å². The number of aryl methyl sites for hydroxylation is 1. The molecule has 1 unspecified atom stereocenters. The van der Waals surface area contributed by atoms with Crippen molar-refractivity contribution in [1.82, 2.24) is 10.5 Å². The smallest absolute Gasteiger partial charge is 0.257 e. The van der Waals surface area contributed by atoms with E-state index in [4.69, 9.17) is 16.1 Å². The lowest BCUT2D eigenvalue weighted by Gasteiger charge is -2.22. The van der Waals surface area contributed by atoms with Gasteiger partial charge < -0.3 is 14.9 Å². The fraction of sp³-hybridized carbons (Fsp3) is 0.222. The molecule has 2 N–H and O–H groups in total. The van der Waals surface area contributed by atoms with Gasteiger partial charge in [-0.15, -0.1) is 11.3 Å². The Balaban J connectivity index is 1.84. The van der Waals surface area contributed by atoms with Crippen LogP contribution in [0.1, 0.15) is 27.9 Å². The zero-order valence-electron chi connectivity index (χ0n) is 13.7. The van der Waals surface area contributed by atoms with E-state index in [0.29, 0.717) is 27.6 Å². The molecule has 0 aliphatic carbocycles. The van der Waals surface area contributed by atoms with E-state index in [0.717, 1.165) is 4.88 Å². The zero-order valence-corrected chi connectivity index (χ0v) is 15.3. The van der Waals surface area contributed by atoms with Gasteiger partial charge in [0.05, 0.1) is 11.6 Å². The number of carbonyl (C=O) groups is 1. The Morgan fingerprint density at radius 2 is 2.12 bits per heavy atom. The van der Waals surface area contributed by atoms with Crippen LogP contribution in [-0.2, 0) is 5.60 Å². The van der Waals surface area contributed by atoms with E-state index >= 15 is 0 Å². The second kappa shape index (κ2) is 7.00. The average Bonchev–Trinajstić information content (AvgIpc) is 3.23. The fourth-order valence-corrected chi connectivity index (χ4v) is 3.50. The third kappa shape index (κ3) is 3.61. The number of rotatable bonds is 5. The Morgan fingerprint density at radius 1 is 1.36 bits per heavy atom. The Hall–Kier alpha value is -2.15. The number of hydrogen-bond acceptors (Lipinski definition) is 5. The van der Waals surface area contributed by atoms with Crippen LogP contribution in [0.25, 0.3) is 11.3 Å². The molecule has 0 spiro atoms. The van der Waals surface area contributed by atoms with E-state index < -0.39 is 5.60 Å². The van der Waals surface area contributed by atoms with Crippen LogP contribution >= 0.6 is 22.9 Å². The van der Waals surface area contributed by atoms with Gasteiger partial charge in [0.15, 0.2) is 0 Å². The molecule has 1 amide bonds. The van der Waals surface area contributed by atoms with E-state index in [1.54, 1.807) is 32.0 Å². The van der Waals surface area contributed by atoms with Crippen molar-refractivity contribution in [3.8, 4) is 11.3 Å². The Bertz CT molecular complexity index is 888. The van der Waals surface area contributed by atoms with E-state index in [-0.39, 0.29) is 12.5 Å². The van der Waals surface area contributed by atoms with Gasteiger partial charge in [-0.3, -0.25) is 4.79 Å². The molecule has 1 atom stereocenters. The van der Waals surface area contributed by atoms with Crippen LogP contribution in [0.3, 0.4) is 0 Å². The molecule has 130 valence electrons. The normalized spacial score (nSPS) is 13.4. The van der Waals surface area contributed by atoms with Gasteiger partial charge in [-0.2, -0.15) is 0 Å². The van der Waals surface area contributed by atoms with Gasteiger partial charge in [0, 0.05) is 10.4 Å². The second-order valence-electron chi connectivity index (χ2n) is 5.88. The minimum absolute atomic E-state index is 0.0684. The van der Waals surface area contributed by atoms with Crippen LogP contribution in [0, 0.1) is 6.92 Å². The van der Waals surface area contributed by atoms with Crippen molar-refractivity contribution in [2.45, 2.75) is 19.4 Å². The number of nitrogens with one attached hydrogen (secondary N) is 1. The summed E-state index contributed by atoms with van der Waals surface area (Å²) in [5, 5.41) is 19.7. The molecule has 3 rings (SSSR count). The van der Waals surface area contributed by atoms with Crippen molar-refractivity contribution in [2.24, 2.45) is 0 Å². The summed E-state index contributed by atoms with van der Waals surface area (Å²) in [7, 11) is 0. The summed E-state index contributed by atoms with van der Waals surface area (Å²) in [5.74, 6) is 0.0219. The summed E-state index contributed by atoms with van der Waals surface area (Å²) in [6.07, 6.45) is 0. The largest absolute Gasteiger partial charge is 0.383 e. The van der Waals surface area contributed by atoms with Gasteiger partial charge in [-0.05, 0) is 31.4 Å². The number of aliphatic hydroxyl groups is 1. The molecular formula is C18H17ClN2O3S. The first-order valence-electron chi connectivity index (χ1n) is 7.66. The van der Waals surface area contributed by atoms with E-state index in [2.05, 4.69) is 10.5 Å². The van der Waals surface area contributed by atoms with Crippen LogP contribution < -0.4 is 5.32 Å². The molecule has 1 aromatic carbocycles. The van der Waals surface area contributed by atoms with Crippen LogP contribution in [0.4, 0.5) is 0 Å². The average molecular weight is 377 g/mol. The number of carbonyl (C=O) groups excluding carboxylic acids is 1. The van der Waals surface area contributed by atoms with Gasteiger partial charge in [-0.25, -0.2) is 0 Å².